The molecule has 0 bridgehead atoms. The van der Waals surface area contributed by atoms with Gasteiger partial charge in [0.2, 0.25) is 5.88 Å². The van der Waals surface area contributed by atoms with Gasteiger partial charge in [-0.15, -0.1) is 15.3 Å². The van der Waals surface area contributed by atoms with Gasteiger partial charge in [0.15, 0.2) is 11.5 Å². The van der Waals surface area contributed by atoms with Gasteiger partial charge < -0.3 is 14.8 Å². The Kier molecular flexibility index (Phi) is 6.11. The van der Waals surface area contributed by atoms with E-state index in [0.29, 0.717) is 35.2 Å². The minimum atomic E-state index is -0.191. The highest BCUT2D eigenvalue weighted by molar-refractivity contribution is 5.94. The van der Waals surface area contributed by atoms with Crippen molar-refractivity contribution in [2.75, 3.05) is 13.2 Å². The highest BCUT2D eigenvalue weighted by Crippen LogP contribution is 2.21. The first-order valence-electron chi connectivity index (χ1n) is 10.8. The van der Waals surface area contributed by atoms with E-state index in [0.717, 1.165) is 11.3 Å². The summed E-state index contributed by atoms with van der Waals surface area (Å²) in [5, 5.41) is 15.7. The normalized spacial score (nSPS) is 10.7. The number of rotatable bonds is 8. The fourth-order valence-corrected chi connectivity index (χ4v) is 3.34. The molecule has 0 saturated carbocycles. The first-order chi connectivity index (χ1) is 16.8. The van der Waals surface area contributed by atoms with E-state index < -0.39 is 0 Å². The predicted octanol–water partition coefficient (Wildman–Crippen LogP) is 4.39. The average Bonchev–Trinajstić information content (AvgIpc) is 3.31. The molecule has 3 aromatic carbocycles. The maximum atomic E-state index is 12.4. The molecule has 0 radical (unpaired) electrons. The van der Waals surface area contributed by atoms with Crippen LogP contribution in [-0.4, -0.2) is 38.9 Å². The average molecular weight is 451 g/mol. The molecule has 8 heteroatoms. The molecule has 0 fully saturated rings. The minimum absolute atomic E-state index is 0.191. The van der Waals surface area contributed by atoms with Crippen molar-refractivity contribution < 1.29 is 14.3 Å². The van der Waals surface area contributed by atoms with E-state index in [9.17, 15) is 4.79 Å². The van der Waals surface area contributed by atoms with Crippen LogP contribution in [0.2, 0.25) is 0 Å². The topological polar surface area (TPSA) is 90.6 Å². The van der Waals surface area contributed by atoms with Crippen LogP contribution >= 0.6 is 0 Å². The number of para-hydroxylation sites is 1. The van der Waals surface area contributed by atoms with Crippen LogP contribution in [0.5, 0.6) is 17.4 Å². The molecular weight excluding hydrogens is 430 g/mol. The van der Waals surface area contributed by atoms with Gasteiger partial charge in [0.05, 0.1) is 6.54 Å². The molecule has 168 valence electrons. The Morgan fingerprint density at radius 3 is 2.26 bits per heavy atom. The highest BCUT2D eigenvalue weighted by atomic mass is 16.5. The third-order valence-electron chi connectivity index (χ3n) is 5.00. The lowest BCUT2D eigenvalue weighted by atomic mass is 10.2. The number of carbonyl (C=O) groups excluding carboxylic acids is 1. The number of fused-ring (bicyclic) bond motifs is 1. The van der Waals surface area contributed by atoms with Crippen molar-refractivity contribution in [3.63, 3.8) is 0 Å². The zero-order chi connectivity index (χ0) is 23.2. The van der Waals surface area contributed by atoms with Crippen LogP contribution < -0.4 is 14.8 Å². The number of carbonyl (C=O) groups is 1. The lowest BCUT2D eigenvalue weighted by molar-refractivity contribution is 0.0946. The molecule has 0 aliphatic carbocycles. The van der Waals surface area contributed by atoms with E-state index in [1.165, 1.54) is 0 Å². The van der Waals surface area contributed by atoms with Crippen molar-refractivity contribution in [1.82, 2.24) is 25.1 Å². The fourth-order valence-electron chi connectivity index (χ4n) is 3.34. The Balaban J connectivity index is 1.15. The van der Waals surface area contributed by atoms with Crippen molar-refractivity contribution in [2.24, 2.45) is 0 Å². The standard InChI is InChI=1S/C26H21N5O3/c32-26(20-11-13-22(14-12-20)34-21-9-5-2-6-10-21)27-17-18-33-24-16-15-23-28-29-25(31(23)30-24)19-7-3-1-4-8-19/h1-16H,17-18H2,(H,27,32). The van der Waals surface area contributed by atoms with Crippen LogP contribution in [0.4, 0.5) is 0 Å². The molecule has 5 aromatic rings. The number of hydrogen-bond acceptors (Lipinski definition) is 6. The number of hydrogen-bond donors (Lipinski definition) is 1. The first-order valence-corrected chi connectivity index (χ1v) is 10.8. The van der Waals surface area contributed by atoms with Gasteiger partial charge in [-0.1, -0.05) is 48.5 Å². The van der Waals surface area contributed by atoms with Gasteiger partial charge in [-0.25, -0.2) is 0 Å². The van der Waals surface area contributed by atoms with Crippen LogP contribution in [0.15, 0.2) is 97.1 Å². The summed E-state index contributed by atoms with van der Waals surface area (Å²) < 4.78 is 13.1. The first kappa shape index (κ1) is 21.1. The van der Waals surface area contributed by atoms with E-state index >= 15 is 0 Å². The Bertz CT molecular complexity index is 1390. The van der Waals surface area contributed by atoms with Crippen molar-refractivity contribution in [3.05, 3.63) is 103 Å². The maximum absolute atomic E-state index is 12.4. The molecule has 1 N–H and O–H groups in total. The molecule has 0 aliphatic heterocycles. The van der Waals surface area contributed by atoms with Crippen molar-refractivity contribution in [2.45, 2.75) is 0 Å². The van der Waals surface area contributed by atoms with Crippen LogP contribution in [-0.2, 0) is 0 Å². The molecule has 1 amide bonds. The summed E-state index contributed by atoms with van der Waals surface area (Å²) >= 11 is 0. The van der Waals surface area contributed by atoms with Crippen LogP contribution in [0, 0.1) is 0 Å². The summed E-state index contributed by atoms with van der Waals surface area (Å²) in [5.74, 6) is 2.26. The third kappa shape index (κ3) is 4.86. The Labute approximate surface area is 195 Å². The lowest BCUT2D eigenvalue weighted by Gasteiger charge is -2.09. The number of aromatic nitrogens is 4. The van der Waals surface area contributed by atoms with Gasteiger partial charge in [-0.2, -0.15) is 4.52 Å². The molecule has 2 heterocycles. The van der Waals surface area contributed by atoms with Gasteiger partial charge in [-0.05, 0) is 42.5 Å². The second kappa shape index (κ2) is 9.83. The number of nitrogens with one attached hydrogen (secondary N) is 1. The molecule has 0 atom stereocenters. The van der Waals surface area contributed by atoms with E-state index in [-0.39, 0.29) is 12.5 Å². The molecule has 5 rings (SSSR count). The Hall–Kier alpha value is -4.72. The molecule has 0 saturated heterocycles. The van der Waals surface area contributed by atoms with E-state index in [1.807, 2.05) is 60.7 Å². The smallest absolute Gasteiger partial charge is 0.251 e. The van der Waals surface area contributed by atoms with Crippen LogP contribution in [0.3, 0.4) is 0 Å². The zero-order valence-electron chi connectivity index (χ0n) is 18.2. The van der Waals surface area contributed by atoms with Crippen LogP contribution in [0.25, 0.3) is 17.0 Å². The molecular formula is C26H21N5O3. The summed E-state index contributed by atoms with van der Waals surface area (Å²) in [7, 11) is 0. The summed E-state index contributed by atoms with van der Waals surface area (Å²) in [6.45, 7) is 0.594. The monoisotopic (exact) mass is 451 g/mol. The largest absolute Gasteiger partial charge is 0.475 e. The highest BCUT2D eigenvalue weighted by Gasteiger charge is 2.10. The van der Waals surface area contributed by atoms with Crippen molar-refractivity contribution in [1.29, 1.82) is 0 Å². The SMILES string of the molecule is O=C(NCCOc1ccc2nnc(-c3ccccc3)n2n1)c1ccc(Oc2ccccc2)cc1. The van der Waals surface area contributed by atoms with Gasteiger partial charge in [0.1, 0.15) is 18.1 Å². The minimum Gasteiger partial charge on any atom is -0.475 e. The predicted molar refractivity (Wildman–Crippen MR) is 127 cm³/mol. The summed E-state index contributed by atoms with van der Waals surface area (Å²) in [6.07, 6.45) is 0. The summed E-state index contributed by atoms with van der Waals surface area (Å²) in [4.78, 5) is 12.4. The second-order valence-corrected chi connectivity index (χ2v) is 7.38. The van der Waals surface area contributed by atoms with Gasteiger partial charge >= 0.3 is 0 Å². The van der Waals surface area contributed by atoms with Gasteiger partial charge in [0.25, 0.3) is 5.91 Å². The van der Waals surface area contributed by atoms with Crippen molar-refractivity contribution >= 4 is 11.6 Å². The number of benzene rings is 3. The van der Waals surface area contributed by atoms with Gasteiger partial charge in [-0.3, -0.25) is 4.79 Å². The summed E-state index contributed by atoms with van der Waals surface area (Å²) in [5.41, 5.74) is 2.07. The maximum Gasteiger partial charge on any atom is 0.251 e. The Morgan fingerprint density at radius 2 is 1.50 bits per heavy atom. The second-order valence-electron chi connectivity index (χ2n) is 7.38. The number of nitrogens with zero attached hydrogens (tertiary/aromatic N) is 4. The molecule has 2 aromatic heterocycles. The molecule has 8 nitrogen and oxygen atoms in total. The quantitative estimate of drug-likeness (QED) is 0.352. The molecule has 0 unspecified atom stereocenters. The Morgan fingerprint density at radius 1 is 0.794 bits per heavy atom. The lowest BCUT2D eigenvalue weighted by Crippen LogP contribution is -2.28. The number of ether oxygens (including phenoxy) is 2. The van der Waals surface area contributed by atoms with Gasteiger partial charge in [0, 0.05) is 17.2 Å². The van der Waals surface area contributed by atoms with E-state index in [4.69, 9.17) is 9.47 Å². The van der Waals surface area contributed by atoms with Crippen LogP contribution in [0.1, 0.15) is 10.4 Å². The summed E-state index contributed by atoms with van der Waals surface area (Å²) in [6, 6.07) is 29.7. The van der Waals surface area contributed by atoms with E-state index in [2.05, 4.69) is 20.6 Å². The number of amides is 1. The molecule has 0 aliphatic rings. The third-order valence-corrected chi connectivity index (χ3v) is 5.00. The van der Waals surface area contributed by atoms with Crippen molar-refractivity contribution in [3.8, 4) is 28.8 Å². The zero-order valence-corrected chi connectivity index (χ0v) is 18.2. The van der Waals surface area contributed by atoms with E-state index in [1.54, 1.807) is 40.9 Å². The fraction of sp³-hybridized carbons (Fsp3) is 0.0769. The molecule has 34 heavy (non-hydrogen) atoms. The molecule has 0 spiro atoms.